The highest BCUT2D eigenvalue weighted by atomic mass is 79.9. The van der Waals surface area contributed by atoms with E-state index in [1.807, 2.05) is 6.07 Å². The Morgan fingerprint density at radius 3 is 2.88 bits per heavy atom. The number of nitrogens with two attached hydrogens (primary N) is 1. The molecule has 0 bridgehead atoms. The number of benzene rings is 1. The molecule has 2 N–H and O–H groups in total. The van der Waals surface area contributed by atoms with Crippen molar-refractivity contribution in [1.82, 2.24) is 0 Å². The molecule has 1 aromatic carbocycles. The number of anilines is 1. The first-order valence-corrected chi connectivity index (χ1v) is 5.64. The molecule has 6 heteroatoms. The summed E-state index contributed by atoms with van der Waals surface area (Å²) in [5, 5.41) is 8.67. The maximum Gasteiger partial charge on any atom is 0.340 e. The Kier molecular flexibility index (Phi) is 4.46. The molecule has 0 fully saturated rings. The molecule has 0 spiro atoms. The van der Waals surface area contributed by atoms with Crippen LogP contribution in [0, 0.1) is 17.1 Å². The number of carbonyl (C=O) groups excluding carboxylic acids is 1. The van der Waals surface area contributed by atoms with Crippen LogP contribution in [-0.4, -0.2) is 12.1 Å². The highest BCUT2D eigenvalue weighted by molar-refractivity contribution is 9.10. The van der Waals surface area contributed by atoms with Crippen molar-refractivity contribution in [2.45, 2.75) is 19.4 Å². The van der Waals surface area contributed by atoms with Crippen molar-refractivity contribution >= 4 is 27.6 Å². The van der Waals surface area contributed by atoms with E-state index in [-0.39, 0.29) is 15.7 Å². The van der Waals surface area contributed by atoms with Gasteiger partial charge < -0.3 is 10.5 Å². The lowest BCUT2D eigenvalue weighted by Crippen LogP contribution is -2.16. The summed E-state index contributed by atoms with van der Waals surface area (Å²) in [4.78, 5) is 11.7. The van der Waals surface area contributed by atoms with Gasteiger partial charge in [-0.1, -0.05) is 6.92 Å². The highest BCUT2D eigenvalue weighted by Crippen LogP contribution is 2.24. The van der Waals surface area contributed by atoms with Crippen LogP contribution in [0.2, 0.25) is 0 Å². The minimum Gasteiger partial charge on any atom is -0.443 e. The van der Waals surface area contributed by atoms with Crippen LogP contribution in [0.3, 0.4) is 0 Å². The number of carbonyl (C=O) groups is 1. The summed E-state index contributed by atoms with van der Waals surface area (Å²) in [7, 11) is 0. The van der Waals surface area contributed by atoms with Crippen molar-refractivity contribution in [1.29, 1.82) is 5.26 Å². The Morgan fingerprint density at radius 2 is 2.35 bits per heavy atom. The number of nitrogen functional groups attached to an aromatic ring is 1. The van der Waals surface area contributed by atoms with Gasteiger partial charge >= 0.3 is 5.97 Å². The number of ether oxygens (including phenoxy) is 1. The van der Waals surface area contributed by atoms with Crippen molar-refractivity contribution in [3.63, 3.8) is 0 Å². The molecule has 0 aromatic heterocycles. The topological polar surface area (TPSA) is 76.1 Å². The van der Waals surface area contributed by atoms with E-state index in [0.717, 1.165) is 6.07 Å². The number of rotatable bonds is 3. The van der Waals surface area contributed by atoms with Gasteiger partial charge in [-0.2, -0.15) is 5.26 Å². The number of nitrogens with zero attached hydrogens (tertiary/aromatic N) is 1. The zero-order valence-corrected chi connectivity index (χ0v) is 10.6. The van der Waals surface area contributed by atoms with E-state index in [1.54, 1.807) is 6.92 Å². The Hall–Kier alpha value is -1.61. The Morgan fingerprint density at radius 1 is 1.71 bits per heavy atom. The molecule has 1 unspecified atom stereocenters. The van der Waals surface area contributed by atoms with Gasteiger partial charge in [-0.25, -0.2) is 9.18 Å². The fraction of sp³-hybridized carbons (Fsp3) is 0.273. The van der Waals surface area contributed by atoms with Gasteiger partial charge in [-0.15, -0.1) is 0 Å². The molecule has 0 aliphatic carbocycles. The van der Waals surface area contributed by atoms with Crippen molar-refractivity contribution in [2.75, 3.05) is 5.73 Å². The molecule has 1 aromatic rings. The van der Waals surface area contributed by atoms with Gasteiger partial charge in [-0.3, -0.25) is 0 Å². The minimum atomic E-state index is -0.819. The third kappa shape index (κ3) is 3.17. The van der Waals surface area contributed by atoms with Crippen LogP contribution in [0.15, 0.2) is 16.6 Å². The van der Waals surface area contributed by atoms with Crippen molar-refractivity contribution in [3.8, 4) is 6.07 Å². The van der Waals surface area contributed by atoms with Gasteiger partial charge in [0.1, 0.15) is 11.9 Å². The number of hydrogen-bond donors (Lipinski definition) is 1. The van der Waals surface area contributed by atoms with E-state index in [4.69, 9.17) is 15.7 Å². The predicted molar refractivity (Wildman–Crippen MR) is 63.6 cm³/mol. The molecule has 0 amide bonds. The molecule has 0 saturated heterocycles. The molecule has 4 nitrogen and oxygen atoms in total. The van der Waals surface area contributed by atoms with Crippen molar-refractivity contribution in [3.05, 3.63) is 28.0 Å². The third-order valence-electron chi connectivity index (χ3n) is 2.07. The van der Waals surface area contributed by atoms with Crippen molar-refractivity contribution in [2.24, 2.45) is 0 Å². The largest absolute Gasteiger partial charge is 0.443 e. The summed E-state index contributed by atoms with van der Waals surface area (Å²) in [5.41, 5.74) is 5.30. The molecule has 1 atom stereocenters. The zero-order valence-electron chi connectivity index (χ0n) is 9.04. The monoisotopic (exact) mass is 300 g/mol. The maximum atomic E-state index is 13.1. The van der Waals surface area contributed by atoms with Gasteiger partial charge in [0.2, 0.25) is 0 Å². The molecule has 0 saturated carbocycles. The second-order valence-electron chi connectivity index (χ2n) is 3.28. The number of nitriles is 1. The van der Waals surface area contributed by atoms with E-state index in [2.05, 4.69) is 15.9 Å². The van der Waals surface area contributed by atoms with Gasteiger partial charge in [-0.05, 0) is 34.5 Å². The Bertz CT molecular complexity index is 485. The normalized spacial score (nSPS) is 11.6. The van der Waals surface area contributed by atoms with E-state index >= 15 is 0 Å². The van der Waals surface area contributed by atoms with Gasteiger partial charge in [0.05, 0.1) is 11.3 Å². The molecule has 1 rings (SSSR count). The average molecular weight is 301 g/mol. The maximum absolute atomic E-state index is 13.1. The van der Waals surface area contributed by atoms with Crippen LogP contribution >= 0.6 is 15.9 Å². The predicted octanol–water partition coefficient (Wildman–Crippen LogP) is 2.63. The third-order valence-corrected chi connectivity index (χ3v) is 2.73. The Balaban J connectivity index is 2.98. The fourth-order valence-corrected chi connectivity index (χ4v) is 1.59. The standard InChI is InChI=1S/C11H10BrFN2O2/c1-2-6(5-14)17-11(16)7-3-10(15)9(13)4-8(7)12/h3-4,6H,2,15H2,1H3. The van der Waals surface area contributed by atoms with E-state index in [9.17, 15) is 9.18 Å². The van der Waals surface area contributed by atoms with Gasteiger partial charge in [0.25, 0.3) is 0 Å². The van der Waals surface area contributed by atoms with Gasteiger partial charge in [0.15, 0.2) is 6.10 Å². The molecular weight excluding hydrogens is 291 g/mol. The summed E-state index contributed by atoms with van der Waals surface area (Å²) in [6, 6.07) is 4.09. The summed E-state index contributed by atoms with van der Waals surface area (Å²) in [6.45, 7) is 1.72. The molecule has 17 heavy (non-hydrogen) atoms. The SMILES string of the molecule is CCC(C#N)OC(=O)c1cc(N)c(F)cc1Br. The van der Waals surface area contributed by atoms with E-state index in [0.29, 0.717) is 6.42 Å². The first kappa shape index (κ1) is 13.5. The zero-order chi connectivity index (χ0) is 13.0. The lowest BCUT2D eigenvalue weighted by atomic mass is 10.2. The van der Waals surface area contributed by atoms with Crippen LogP contribution in [0.5, 0.6) is 0 Å². The lowest BCUT2D eigenvalue weighted by Gasteiger charge is -2.10. The first-order valence-electron chi connectivity index (χ1n) is 4.84. The number of esters is 1. The van der Waals surface area contributed by atoms with Crippen LogP contribution in [0.25, 0.3) is 0 Å². The molecular formula is C11H10BrFN2O2. The first-order chi connectivity index (χ1) is 7.99. The Labute approximate surface area is 106 Å². The fourth-order valence-electron chi connectivity index (χ4n) is 1.12. The number of hydrogen-bond acceptors (Lipinski definition) is 4. The summed E-state index contributed by atoms with van der Waals surface area (Å²) in [5.74, 6) is -1.34. The summed E-state index contributed by atoms with van der Waals surface area (Å²) >= 11 is 3.04. The van der Waals surface area contributed by atoms with Crippen molar-refractivity contribution < 1.29 is 13.9 Å². The summed E-state index contributed by atoms with van der Waals surface area (Å²) in [6.07, 6.45) is -0.433. The molecule has 0 aliphatic rings. The highest BCUT2D eigenvalue weighted by Gasteiger charge is 2.18. The van der Waals surface area contributed by atoms with E-state index in [1.165, 1.54) is 6.07 Å². The quantitative estimate of drug-likeness (QED) is 0.688. The average Bonchev–Trinajstić information content (AvgIpc) is 2.30. The molecule has 90 valence electrons. The van der Waals surface area contributed by atoms with Crippen LogP contribution in [0.1, 0.15) is 23.7 Å². The van der Waals surface area contributed by atoms with Crippen LogP contribution in [0.4, 0.5) is 10.1 Å². The second-order valence-corrected chi connectivity index (χ2v) is 4.14. The van der Waals surface area contributed by atoms with E-state index < -0.39 is 17.9 Å². The lowest BCUT2D eigenvalue weighted by molar-refractivity contribution is 0.0400. The second kappa shape index (κ2) is 5.64. The summed E-state index contributed by atoms with van der Waals surface area (Å²) < 4.78 is 18.2. The van der Waals surface area contributed by atoms with Crippen LogP contribution in [-0.2, 0) is 4.74 Å². The molecule has 0 heterocycles. The number of halogens is 2. The minimum absolute atomic E-state index is 0.0950. The molecule has 0 radical (unpaired) electrons. The smallest absolute Gasteiger partial charge is 0.340 e. The van der Waals surface area contributed by atoms with Crippen LogP contribution < -0.4 is 5.73 Å². The molecule has 0 aliphatic heterocycles. The van der Waals surface area contributed by atoms with Gasteiger partial charge in [0, 0.05) is 4.47 Å².